The zero-order chi connectivity index (χ0) is 28.3. The second-order valence-electron chi connectivity index (χ2n) is 13.3. The number of ether oxygens (including phenoxy) is 4. The van der Waals surface area contributed by atoms with Gasteiger partial charge in [-0.2, -0.15) is 0 Å². The standard InChI is InChI=1S/C28H56O7Si2/c1-11-22(2)25(29)20-24(33-21-31-17-18-36(5,6)7)19-23-13-12-14-26(35-23)28(3,4)27(30)32-15-16-34-37(8,9)10/h11,22-26,29H,1,12-21H2,2-10H3/t22-,23-,24-,25+,26+/m0/s1. The van der Waals surface area contributed by atoms with Crippen molar-refractivity contribution in [3.63, 3.8) is 0 Å². The molecule has 1 rings (SSSR count). The summed E-state index contributed by atoms with van der Waals surface area (Å²) < 4.78 is 29.7. The summed E-state index contributed by atoms with van der Waals surface area (Å²) in [5.41, 5.74) is -0.759. The number of aliphatic hydroxyl groups excluding tert-OH is 1. The molecule has 0 aromatic rings. The number of rotatable bonds is 18. The van der Waals surface area contributed by atoms with Gasteiger partial charge in [-0.05, 0) is 71.1 Å². The Bertz CT molecular complexity index is 672. The molecule has 0 aliphatic carbocycles. The Morgan fingerprint density at radius 1 is 1.14 bits per heavy atom. The summed E-state index contributed by atoms with van der Waals surface area (Å²) in [7, 11) is -2.80. The molecule has 0 aromatic heterocycles. The molecule has 1 aliphatic heterocycles. The second kappa shape index (κ2) is 15.9. The maximum absolute atomic E-state index is 12.9. The summed E-state index contributed by atoms with van der Waals surface area (Å²) in [5, 5.41) is 10.6. The van der Waals surface area contributed by atoms with Gasteiger partial charge in [-0.1, -0.05) is 32.6 Å². The normalized spacial score (nSPS) is 21.8. The van der Waals surface area contributed by atoms with Crippen LogP contribution >= 0.6 is 0 Å². The molecular formula is C28H56O7Si2. The predicted octanol–water partition coefficient (Wildman–Crippen LogP) is 6.01. The minimum absolute atomic E-state index is 0.0300. The molecule has 7 nitrogen and oxygen atoms in total. The molecular weight excluding hydrogens is 504 g/mol. The number of carbonyl (C=O) groups is 1. The highest BCUT2D eigenvalue weighted by Crippen LogP contribution is 2.35. The van der Waals surface area contributed by atoms with Gasteiger partial charge in [-0.25, -0.2) is 0 Å². The first kappa shape index (κ1) is 34.5. The third-order valence-electron chi connectivity index (χ3n) is 6.92. The first-order valence-electron chi connectivity index (χ1n) is 14.0. The quantitative estimate of drug-likeness (QED) is 0.0723. The van der Waals surface area contributed by atoms with Gasteiger partial charge in [0.1, 0.15) is 13.4 Å². The maximum Gasteiger partial charge on any atom is 0.314 e. The van der Waals surface area contributed by atoms with E-state index in [2.05, 4.69) is 45.9 Å². The van der Waals surface area contributed by atoms with Crippen molar-refractivity contribution in [3.05, 3.63) is 12.7 Å². The Kier molecular flexibility index (Phi) is 14.8. The largest absolute Gasteiger partial charge is 0.463 e. The Balaban J connectivity index is 2.69. The van der Waals surface area contributed by atoms with Crippen LogP contribution in [0.5, 0.6) is 0 Å². The lowest BCUT2D eigenvalue weighted by molar-refractivity contribution is -0.176. The Morgan fingerprint density at radius 2 is 1.81 bits per heavy atom. The van der Waals surface area contributed by atoms with Crippen LogP contribution in [0.2, 0.25) is 45.3 Å². The topological polar surface area (TPSA) is 83.5 Å². The number of aliphatic hydroxyl groups is 1. The third-order valence-corrected chi connectivity index (χ3v) is 9.70. The van der Waals surface area contributed by atoms with E-state index >= 15 is 0 Å². The SMILES string of the molecule is C=C[C@H](C)[C@H](O)C[C@H](C[C@@H]1CCC[C@H](C(C)(C)C(=O)OCCO[Si](C)(C)C)O1)OCOCC[Si](C)(C)C. The molecule has 0 amide bonds. The molecule has 9 heteroatoms. The van der Waals surface area contributed by atoms with Crippen LogP contribution in [0.25, 0.3) is 0 Å². The van der Waals surface area contributed by atoms with E-state index in [0.717, 1.165) is 25.3 Å². The van der Waals surface area contributed by atoms with Crippen LogP contribution in [0.3, 0.4) is 0 Å². The Labute approximate surface area is 228 Å². The van der Waals surface area contributed by atoms with Crippen molar-refractivity contribution in [2.45, 2.75) is 123 Å². The molecule has 0 saturated carbocycles. The molecule has 218 valence electrons. The van der Waals surface area contributed by atoms with Gasteiger partial charge in [-0.15, -0.1) is 6.58 Å². The number of carbonyl (C=O) groups excluding carboxylic acids is 1. The van der Waals surface area contributed by atoms with Crippen LogP contribution in [0.4, 0.5) is 0 Å². The summed E-state index contributed by atoms with van der Waals surface area (Å²) >= 11 is 0. The lowest BCUT2D eigenvalue weighted by atomic mass is 9.81. The fraction of sp³-hybridized carbons (Fsp3) is 0.893. The zero-order valence-electron chi connectivity index (χ0n) is 25.1. The molecule has 0 spiro atoms. The number of hydrogen-bond acceptors (Lipinski definition) is 7. The van der Waals surface area contributed by atoms with Crippen molar-refractivity contribution in [2.24, 2.45) is 11.3 Å². The lowest BCUT2D eigenvalue weighted by Crippen LogP contribution is -2.45. The van der Waals surface area contributed by atoms with Gasteiger partial charge in [0.15, 0.2) is 8.32 Å². The molecule has 5 atom stereocenters. The fourth-order valence-electron chi connectivity index (χ4n) is 4.15. The van der Waals surface area contributed by atoms with Crippen LogP contribution in [0.1, 0.15) is 52.9 Å². The van der Waals surface area contributed by atoms with Crippen molar-refractivity contribution in [1.82, 2.24) is 0 Å². The molecule has 0 unspecified atom stereocenters. The summed E-state index contributed by atoms with van der Waals surface area (Å²) in [6.45, 7) is 24.5. The summed E-state index contributed by atoms with van der Waals surface area (Å²) in [6, 6.07) is 1.08. The fourth-order valence-corrected chi connectivity index (χ4v) is 5.60. The zero-order valence-corrected chi connectivity index (χ0v) is 27.1. The first-order chi connectivity index (χ1) is 17.0. The van der Waals surface area contributed by atoms with E-state index in [1.807, 2.05) is 20.8 Å². The maximum atomic E-state index is 12.9. The lowest BCUT2D eigenvalue weighted by Gasteiger charge is -2.39. The van der Waals surface area contributed by atoms with Gasteiger partial charge in [0.05, 0.1) is 36.4 Å². The van der Waals surface area contributed by atoms with Crippen LogP contribution in [-0.4, -0.2) is 78.5 Å². The summed E-state index contributed by atoms with van der Waals surface area (Å²) in [5.74, 6) is -0.284. The average Bonchev–Trinajstić information content (AvgIpc) is 2.79. The van der Waals surface area contributed by atoms with Gasteiger partial charge in [-0.3, -0.25) is 4.79 Å². The summed E-state index contributed by atoms with van der Waals surface area (Å²) in [4.78, 5) is 12.9. The minimum Gasteiger partial charge on any atom is -0.463 e. The van der Waals surface area contributed by atoms with E-state index in [1.54, 1.807) is 6.08 Å². The molecule has 1 aliphatic rings. The molecule has 1 saturated heterocycles. The number of hydrogen-bond donors (Lipinski definition) is 1. The third kappa shape index (κ3) is 14.4. The van der Waals surface area contributed by atoms with Crippen LogP contribution in [0.15, 0.2) is 12.7 Å². The molecule has 0 radical (unpaired) electrons. The van der Waals surface area contributed by atoms with E-state index in [0.29, 0.717) is 26.1 Å². The van der Waals surface area contributed by atoms with Crippen molar-refractivity contribution < 1.29 is 33.3 Å². The van der Waals surface area contributed by atoms with Crippen molar-refractivity contribution in [3.8, 4) is 0 Å². The molecule has 0 aromatic carbocycles. The smallest absolute Gasteiger partial charge is 0.314 e. The van der Waals surface area contributed by atoms with Crippen LogP contribution in [0, 0.1) is 11.3 Å². The predicted molar refractivity (Wildman–Crippen MR) is 155 cm³/mol. The van der Waals surface area contributed by atoms with Crippen molar-refractivity contribution in [2.75, 3.05) is 26.6 Å². The molecule has 37 heavy (non-hydrogen) atoms. The summed E-state index contributed by atoms with van der Waals surface area (Å²) in [6.07, 6.45) is 4.53. The van der Waals surface area contributed by atoms with Crippen molar-refractivity contribution in [1.29, 1.82) is 0 Å². The molecule has 0 bridgehead atoms. The van der Waals surface area contributed by atoms with Crippen molar-refractivity contribution >= 4 is 22.4 Å². The average molecular weight is 561 g/mol. The van der Waals surface area contributed by atoms with E-state index in [-0.39, 0.29) is 43.6 Å². The van der Waals surface area contributed by atoms with Gasteiger partial charge < -0.3 is 28.5 Å². The highest BCUT2D eigenvalue weighted by Gasteiger charge is 2.42. The van der Waals surface area contributed by atoms with Gasteiger partial charge in [0.25, 0.3) is 0 Å². The Morgan fingerprint density at radius 3 is 2.41 bits per heavy atom. The highest BCUT2D eigenvalue weighted by molar-refractivity contribution is 6.76. The van der Waals surface area contributed by atoms with E-state index in [4.69, 9.17) is 23.4 Å². The van der Waals surface area contributed by atoms with E-state index in [9.17, 15) is 9.90 Å². The second-order valence-corrected chi connectivity index (χ2v) is 23.4. The monoisotopic (exact) mass is 560 g/mol. The Hall–Kier alpha value is -0.556. The molecule has 1 fully saturated rings. The van der Waals surface area contributed by atoms with E-state index in [1.165, 1.54) is 0 Å². The molecule has 1 N–H and O–H groups in total. The minimum atomic E-state index is -1.64. The number of esters is 1. The molecule has 1 heterocycles. The van der Waals surface area contributed by atoms with Gasteiger partial charge >= 0.3 is 5.97 Å². The first-order valence-corrected chi connectivity index (χ1v) is 21.1. The van der Waals surface area contributed by atoms with Crippen LogP contribution < -0.4 is 0 Å². The van der Waals surface area contributed by atoms with Crippen LogP contribution in [-0.2, 0) is 28.2 Å². The van der Waals surface area contributed by atoms with Gasteiger partial charge in [0.2, 0.25) is 0 Å². The van der Waals surface area contributed by atoms with Gasteiger partial charge in [0, 0.05) is 21.1 Å². The highest BCUT2D eigenvalue weighted by atomic mass is 28.4. The van der Waals surface area contributed by atoms with E-state index < -0.39 is 27.9 Å².